The lowest BCUT2D eigenvalue weighted by Crippen LogP contribution is -2.38. The van der Waals surface area contributed by atoms with Gasteiger partial charge in [-0.2, -0.15) is 0 Å². The predicted octanol–water partition coefficient (Wildman–Crippen LogP) is 4.46. The van der Waals surface area contributed by atoms with Crippen LogP contribution < -0.4 is 4.74 Å². The highest BCUT2D eigenvalue weighted by Crippen LogP contribution is 2.42. The van der Waals surface area contributed by atoms with Crippen LogP contribution >= 0.6 is 15.9 Å². The van der Waals surface area contributed by atoms with Gasteiger partial charge >= 0.3 is 0 Å². The van der Waals surface area contributed by atoms with Crippen LogP contribution in [-0.2, 0) is 0 Å². The van der Waals surface area contributed by atoms with Gasteiger partial charge in [0.25, 0.3) is 0 Å². The zero-order chi connectivity index (χ0) is 13.3. The second-order valence-corrected chi connectivity index (χ2v) is 6.80. The van der Waals surface area contributed by atoms with Gasteiger partial charge in [0, 0.05) is 16.5 Å². The molecule has 18 heavy (non-hydrogen) atoms. The summed E-state index contributed by atoms with van der Waals surface area (Å²) in [4.78, 5) is 0. The van der Waals surface area contributed by atoms with Crippen molar-refractivity contribution < 1.29 is 9.84 Å². The Morgan fingerprint density at radius 2 is 2.22 bits per heavy atom. The van der Waals surface area contributed by atoms with Crippen LogP contribution in [0.1, 0.15) is 51.7 Å². The van der Waals surface area contributed by atoms with Crippen LogP contribution in [0.2, 0.25) is 0 Å². The lowest BCUT2D eigenvalue weighted by atomic mass is 9.85. The predicted molar refractivity (Wildman–Crippen MR) is 76.8 cm³/mol. The summed E-state index contributed by atoms with van der Waals surface area (Å²) in [5, 5.41) is 10.3. The molecule has 1 aromatic rings. The zero-order valence-electron chi connectivity index (χ0n) is 11.2. The third-order valence-electron chi connectivity index (χ3n) is 3.57. The van der Waals surface area contributed by atoms with Gasteiger partial charge in [-0.05, 0) is 37.8 Å². The molecule has 0 aromatic heterocycles. The number of rotatable bonds is 3. The summed E-state index contributed by atoms with van der Waals surface area (Å²) >= 11 is 3.45. The highest BCUT2D eigenvalue weighted by molar-refractivity contribution is 9.10. The van der Waals surface area contributed by atoms with Crippen molar-refractivity contribution in [3.8, 4) is 5.75 Å². The number of hydrogen-bond donors (Lipinski definition) is 1. The first kappa shape index (κ1) is 13.9. The Bertz CT molecular complexity index is 431. The normalized spacial score (nSPS) is 26.9. The van der Waals surface area contributed by atoms with Crippen molar-refractivity contribution in [1.29, 1.82) is 0 Å². The smallest absolute Gasteiger partial charge is 0.127 e. The van der Waals surface area contributed by atoms with Crippen molar-refractivity contribution >= 4 is 15.9 Å². The molecule has 0 spiro atoms. The van der Waals surface area contributed by atoms with E-state index in [0.29, 0.717) is 12.3 Å². The van der Waals surface area contributed by atoms with E-state index in [1.165, 1.54) is 0 Å². The SMILES string of the molecule is CC(C)CCC1(C)CC(O)c2ccc(Br)cc2O1. The van der Waals surface area contributed by atoms with E-state index in [4.69, 9.17) is 4.74 Å². The lowest BCUT2D eigenvalue weighted by molar-refractivity contribution is -0.0101. The highest BCUT2D eigenvalue weighted by Gasteiger charge is 2.36. The molecule has 2 nitrogen and oxygen atoms in total. The van der Waals surface area contributed by atoms with Crippen LogP contribution in [0.3, 0.4) is 0 Å². The van der Waals surface area contributed by atoms with E-state index >= 15 is 0 Å². The summed E-state index contributed by atoms with van der Waals surface area (Å²) in [6.45, 7) is 6.53. The average Bonchev–Trinajstić information content (AvgIpc) is 2.25. The maximum atomic E-state index is 10.3. The fourth-order valence-corrected chi connectivity index (χ4v) is 2.79. The van der Waals surface area contributed by atoms with Crippen LogP contribution in [0.25, 0.3) is 0 Å². The summed E-state index contributed by atoms with van der Waals surface area (Å²) in [5.41, 5.74) is 0.650. The van der Waals surface area contributed by atoms with E-state index in [0.717, 1.165) is 28.6 Å². The van der Waals surface area contributed by atoms with Crippen LogP contribution in [0.4, 0.5) is 0 Å². The Balaban J connectivity index is 2.20. The van der Waals surface area contributed by atoms with Crippen LogP contribution in [0.5, 0.6) is 5.75 Å². The van der Waals surface area contributed by atoms with Gasteiger partial charge < -0.3 is 9.84 Å². The number of halogens is 1. The first-order valence-electron chi connectivity index (χ1n) is 6.56. The Morgan fingerprint density at radius 3 is 2.89 bits per heavy atom. The second-order valence-electron chi connectivity index (χ2n) is 5.89. The van der Waals surface area contributed by atoms with Gasteiger partial charge in [0.2, 0.25) is 0 Å². The molecule has 0 saturated heterocycles. The molecule has 3 heteroatoms. The molecule has 1 aliphatic heterocycles. The monoisotopic (exact) mass is 312 g/mol. The van der Waals surface area contributed by atoms with E-state index < -0.39 is 6.10 Å². The van der Waals surface area contributed by atoms with Gasteiger partial charge in [-0.1, -0.05) is 35.8 Å². The minimum absolute atomic E-state index is 0.252. The number of fused-ring (bicyclic) bond motifs is 1. The molecule has 2 rings (SSSR count). The molecule has 0 amide bonds. The Morgan fingerprint density at radius 1 is 1.50 bits per heavy atom. The van der Waals surface area contributed by atoms with Crippen LogP contribution in [0.15, 0.2) is 22.7 Å². The van der Waals surface area contributed by atoms with Crippen LogP contribution in [0, 0.1) is 5.92 Å². The van der Waals surface area contributed by atoms with Gasteiger partial charge in [-0.3, -0.25) is 0 Å². The molecule has 1 aromatic carbocycles. The molecule has 0 saturated carbocycles. The average molecular weight is 313 g/mol. The molecule has 2 unspecified atom stereocenters. The number of aliphatic hydroxyl groups excluding tert-OH is 1. The van der Waals surface area contributed by atoms with Crippen molar-refractivity contribution in [2.45, 2.75) is 51.7 Å². The van der Waals surface area contributed by atoms with Crippen molar-refractivity contribution in [1.82, 2.24) is 0 Å². The Labute approximate surface area is 117 Å². The first-order chi connectivity index (χ1) is 8.39. The fraction of sp³-hybridized carbons (Fsp3) is 0.600. The Hall–Kier alpha value is -0.540. The molecular formula is C15H21BrO2. The van der Waals surface area contributed by atoms with Crippen molar-refractivity contribution in [2.24, 2.45) is 5.92 Å². The molecule has 100 valence electrons. The molecule has 0 radical (unpaired) electrons. The lowest BCUT2D eigenvalue weighted by Gasteiger charge is -2.38. The molecule has 1 N–H and O–H groups in total. The summed E-state index contributed by atoms with van der Waals surface area (Å²) in [6.07, 6.45) is 2.35. The maximum absolute atomic E-state index is 10.3. The standard InChI is InChI=1S/C15H21BrO2/c1-10(2)6-7-15(3)9-13(17)12-5-4-11(16)8-14(12)18-15/h4-5,8,10,13,17H,6-7,9H2,1-3H3. The molecule has 1 aliphatic rings. The summed E-state index contributed by atoms with van der Waals surface area (Å²) < 4.78 is 7.12. The van der Waals surface area contributed by atoms with Gasteiger partial charge in [-0.25, -0.2) is 0 Å². The molecule has 1 heterocycles. The van der Waals surface area contributed by atoms with Crippen LogP contribution in [-0.4, -0.2) is 10.7 Å². The summed E-state index contributed by atoms with van der Waals surface area (Å²) in [7, 11) is 0. The van der Waals surface area contributed by atoms with Crippen molar-refractivity contribution in [3.05, 3.63) is 28.2 Å². The van der Waals surface area contributed by atoms with E-state index in [9.17, 15) is 5.11 Å². The summed E-state index contributed by atoms with van der Waals surface area (Å²) in [6, 6.07) is 5.83. The summed E-state index contributed by atoms with van der Waals surface area (Å²) in [5.74, 6) is 1.47. The number of hydrogen-bond acceptors (Lipinski definition) is 2. The molecule has 0 fully saturated rings. The second kappa shape index (κ2) is 5.22. The largest absolute Gasteiger partial charge is 0.487 e. The van der Waals surface area contributed by atoms with E-state index in [1.807, 2.05) is 18.2 Å². The van der Waals surface area contributed by atoms with E-state index in [-0.39, 0.29) is 5.60 Å². The maximum Gasteiger partial charge on any atom is 0.127 e. The van der Waals surface area contributed by atoms with Gasteiger partial charge in [0.05, 0.1) is 6.10 Å². The molecular weight excluding hydrogens is 292 g/mol. The number of benzene rings is 1. The van der Waals surface area contributed by atoms with Gasteiger partial charge in [0.15, 0.2) is 0 Å². The topological polar surface area (TPSA) is 29.5 Å². The minimum atomic E-state index is -0.418. The number of ether oxygens (including phenoxy) is 1. The molecule has 0 aliphatic carbocycles. The van der Waals surface area contributed by atoms with Crippen molar-refractivity contribution in [3.63, 3.8) is 0 Å². The molecule has 0 bridgehead atoms. The minimum Gasteiger partial charge on any atom is -0.487 e. The van der Waals surface area contributed by atoms with E-state index in [1.54, 1.807) is 0 Å². The van der Waals surface area contributed by atoms with Gasteiger partial charge in [-0.15, -0.1) is 0 Å². The van der Waals surface area contributed by atoms with Crippen molar-refractivity contribution in [2.75, 3.05) is 0 Å². The Kier molecular flexibility index (Phi) is 4.02. The number of aliphatic hydroxyl groups is 1. The zero-order valence-corrected chi connectivity index (χ0v) is 12.8. The quantitative estimate of drug-likeness (QED) is 0.893. The third kappa shape index (κ3) is 3.07. The van der Waals surface area contributed by atoms with E-state index in [2.05, 4.69) is 36.7 Å². The third-order valence-corrected chi connectivity index (χ3v) is 4.06. The molecule has 2 atom stereocenters. The highest BCUT2D eigenvalue weighted by atomic mass is 79.9. The fourth-order valence-electron chi connectivity index (χ4n) is 2.45. The van der Waals surface area contributed by atoms with Gasteiger partial charge in [0.1, 0.15) is 11.4 Å². The first-order valence-corrected chi connectivity index (χ1v) is 7.35.